The lowest BCUT2D eigenvalue weighted by atomic mass is 9.96. The van der Waals surface area contributed by atoms with Gasteiger partial charge in [-0.3, -0.25) is 0 Å². The summed E-state index contributed by atoms with van der Waals surface area (Å²) >= 11 is 0. The van der Waals surface area contributed by atoms with E-state index in [2.05, 4.69) is 0 Å². The summed E-state index contributed by atoms with van der Waals surface area (Å²) in [5, 5.41) is 9.25. The highest BCUT2D eigenvalue weighted by Crippen LogP contribution is 2.29. The molecule has 0 amide bonds. The first-order valence-corrected chi connectivity index (χ1v) is 3.72. The fourth-order valence-electron chi connectivity index (χ4n) is 0.989. The molecule has 0 spiro atoms. The Morgan fingerprint density at radius 3 is 2.31 bits per heavy atom. The van der Waals surface area contributed by atoms with Crippen LogP contribution in [0.2, 0.25) is 0 Å². The van der Waals surface area contributed by atoms with Crippen LogP contribution in [-0.4, -0.2) is 11.5 Å². The van der Waals surface area contributed by atoms with Gasteiger partial charge in [0.25, 0.3) is 6.43 Å². The van der Waals surface area contributed by atoms with Crippen molar-refractivity contribution in [2.75, 3.05) is 0 Å². The largest absolute Gasteiger partial charge is 0.379 e. The van der Waals surface area contributed by atoms with Gasteiger partial charge in [0.2, 0.25) is 0 Å². The second-order valence-corrected chi connectivity index (χ2v) is 2.93. The van der Waals surface area contributed by atoms with Crippen molar-refractivity contribution in [2.45, 2.75) is 19.0 Å². The molecule has 0 fully saturated rings. The molecule has 1 N–H and O–H groups in total. The molecule has 1 unspecified atom stereocenters. The highest BCUT2D eigenvalue weighted by molar-refractivity contribution is 5.24. The Morgan fingerprint density at radius 2 is 1.85 bits per heavy atom. The van der Waals surface area contributed by atoms with Gasteiger partial charge in [-0.1, -0.05) is 18.2 Å². The molecule has 72 valence electrons. The third-order valence-electron chi connectivity index (χ3n) is 1.84. The minimum Gasteiger partial charge on any atom is -0.379 e. The van der Waals surface area contributed by atoms with Gasteiger partial charge >= 0.3 is 0 Å². The molecule has 1 nitrogen and oxygen atoms in total. The van der Waals surface area contributed by atoms with Gasteiger partial charge in [-0.2, -0.15) is 0 Å². The first kappa shape index (κ1) is 10.1. The number of hydrogen-bond donors (Lipinski definition) is 1. The number of halogens is 3. The summed E-state index contributed by atoms with van der Waals surface area (Å²) in [7, 11) is 0. The van der Waals surface area contributed by atoms with E-state index in [4.69, 9.17) is 0 Å². The molecule has 0 bridgehead atoms. The quantitative estimate of drug-likeness (QED) is 0.758. The van der Waals surface area contributed by atoms with E-state index in [9.17, 15) is 18.3 Å². The van der Waals surface area contributed by atoms with Crippen molar-refractivity contribution in [3.05, 3.63) is 35.6 Å². The summed E-state index contributed by atoms with van der Waals surface area (Å²) in [6.07, 6.45) is -3.01. The van der Waals surface area contributed by atoms with E-state index in [0.29, 0.717) is 0 Å². The lowest BCUT2D eigenvalue weighted by Crippen LogP contribution is -2.31. The second kappa shape index (κ2) is 3.38. The molecule has 0 saturated carbocycles. The van der Waals surface area contributed by atoms with Crippen molar-refractivity contribution in [2.24, 2.45) is 0 Å². The Hall–Kier alpha value is -1.03. The van der Waals surface area contributed by atoms with Gasteiger partial charge in [-0.25, -0.2) is 13.2 Å². The molecule has 0 heterocycles. The van der Waals surface area contributed by atoms with Crippen LogP contribution in [0.25, 0.3) is 0 Å². The summed E-state index contributed by atoms with van der Waals surface area (Å²) in [6, 6.07) is 4.95. The first-order chi connectivity index (χ1) is 5.96. The molecule has 1 aromatic rings. The molecule has 0 aliphatic carbocycles. The number of alkyl halides is 2. The van der Waals surface area contributed by atoms with Gasteiger partial charge in [0.15, 0.2) is 5.60 Å². The van der Waals surface area contributed by atoms with Crippen molar-refractivity contribution in [1.29, 1.82) is 0 Å². The molecule has 0 radical (unpaired) electrons. The van der Waals surface area contributed by atoms with Gasteiger partial charge in [0.1, 0.15) is 5.82 Å². The fraction of sp³-hybridized carbons (Fsp3) is 0.333. The van der Waals surface area contributed by atoms with Crippen molar-refractivity contribution in [3.63, 3.8) is 0 Å². The third kappa shape index (κ3) is 1.83. The molecule has 0 aliphatic heterocycles. The summed E-state index contributed by atoms with van der Waals surface area (Å²) in [5.41, 5.74) is -2.81. The van der Waals surface area contributed by atoms with Gasteiger partial charge in [0.05, 0.1) is 0 Å². The predicted octanol–water partition coefficient (Wildman–Crippen LogP) is 2.30. The standard InChI is InChI=1S/C9H9F3O/c1-9(13,8(11)12)6-4-2-3-5-7(6)10/h2-5,8,13H,1H3. The van der Waals surface area contributed by atoms with Crippen molar-refractivity contribution in [1.82, 2.24) is 0 Å². The highest BCUT2D eigenvalue weighted by Gasteiger charge is 2.36. The lowest BCUT2D eigenvalue weighted by molar-refractivity contribution is -0.0902. The number of benzene rings is 1. The van der Waals surface area contributed by atoms with Crippen molar-refractivity contribution >= 4 is 0 Å². The Morgan fingerprint density at radius 1 is 1.31 bits per heavy atom. The van der Waals surface area contributed by atoms with E-state index in [1.54, 1.807) is 0 Å². The normalized spacial score (nSPS) is 15.8. The van der Waals surface area contributed by atoms with E-state index in [1.807, 2.05) is 0 Å². The molecular formula is C9H9F3O. The Labute approximate surface area is 73.8 Å². The maximum absolute atomic E-state index is 13.0. The van der Waals surface area contributed by atoms with Gasteiger partial charge in [-0.15, -0.1) is 0 Å². The van der Waals surface area contributed by atoms with Crippen LogP contribution in [0.3, 0.4) is 0 Å². The van der Waals surface area contributed by atoms with E-state index >= 15 is 0 Å². The number of aliphatic hydroxyl groups is 1. The average Bonchev–Trinajstić information content (AvgIpc) is 2.04. The molecule has 13 heavy (non-hydrogen) atoms. The minimum atomic E-state index is -3.01. The maximum Gasteiger partial charge on any atom is 0.270 e. The summed E-state index contributed by atoms with van der Waals surface area (Å²) in [5.74, 6) is -0.826. The highest BCUT2D eigenvalue weighted by atomic mass is 19.3. The summed E-state index contributed by atoms with van der Waals surface area (Å²) < 4.78 is 37.5. The SMILES string of the molecule is CC(O)(c1ccccc1F)C(F)F. The van der Waals surface area contributed by atoms with Crippen LogP contribution in [0.4, 0.5) is 13.2 Å². The average molecular weight is 190 g/mol. The van der Waals surface area contributed by atoms with Crippen molar-refractivity contribution in [3.8, 4) is 0 Å². The molecule has 0 saturated heterocycles. The smallest absolute Gasteiger partial charge is 0.270 e. The van der Waals surface area contributed by atoms with Crippen LogP contribution < -0.4 is 0 Å². The van der Waals surface area contributed by atoms with Gasteiger partial charge in [-0.05, 0) is 13.0 Å². The van der Waals surface area contributed by atoms with Gasteiger partial charge in [0, 0.05) is 5.56 Å². The molecule has 1 rings (SSSR count). The van der Waals surface area contributed by atoms with Crippen LogP contribution in [0.15, 0.2) is 24.3 Å². The maximum atomic E-state index is 13.0. The monoisotopic (exact) mass is 190 g/mol. The topological polar surface area (TPSA) is 20.2 Å². The van der Waals surface area contributed by atoms with Crippen LogP contribution >= 0.6 is 0 Å². The van der Waals surface area contributed by atoms with Crippen LogP contribution in [0.1, 0.15) is 12.5 Å². The molecular weight excluding hydrogens is 181 g/mol. The molecule has 1 aromatic carbocycles. The van der Waals surface area contributed by atoms with Crippen LogP contribution in [-0.2, 0) is 5.60 Å². The summed E-state index contributed by atoms with van der Waals surface area (Å²) in [4.78, 5) is 0. The Balaban J connectivity index is 3.14. The number of hydrogen-bond acceptors (Lipinski definition) is 1. The zero-order chi connectivity index (χ0) is 10.1. The minimum absolute atomic E-state index is 0.384. The van der Waals surface area contributed by atoms with Gasteiger partial charge < -0.3 is 5.11 Å². The molecule has 0 aromatic heterocycles. The molecule has 0 aliphatic rings. The molecule has 4 heteroatoms. The zero-order valence-electron chi connectivity index (χ0n) is 6.97. The zero-order valence-corrected chi connectivity index (χ0v) is 6.97. The summed E-state index contributed by atoms with van der Waals surface area (Å²) in [6.45, 7) is 0.885. The Bertz CT molecular complexity index is 297. The molecule has 1 atom stereocenters. The third-order valence-corrected chi connectivity index (χ3v) is 1.84. The van der Waals surface area contributed by atoms with E-state index in [0.717, 1.165) is 19.1 Å². The Kier molecular flexibility index (Phi) is 2.61. The van der Waals surface area contributed by atoms with E-state index in [1.165, 1.54) is 12.1 Å². The van der Waals surface area contributed by atoms with E-state index in [-0.39, 0.29) is 5.56 Å². The number of rotatable bonds is 2. The predicted molar refractivity (Wildman–Crippen MR) is 42.0 cm³/mol. The fourth-order valence-corrected chi connectivity index (χ4v) is 0.989. The first-order valence-electron chi connectivity index (χ1n) is 3.72. The van der Waals surface area contributed by atoms with Crippen molar-refractivity contribution < 1.29 is 18.3 Å². The lowest BCUT2D eigenvalue weighted by Gasteiger charge is -2.22. The van der Waals surface area contributed by atoms with Crippen LogP contribution in [0, 0.1) is 5.82 Å². The van der Waals surface area contributed by atoms with Crippen LogP contribution in [0.5, 0.6) is 0 Å². The van der Waals surface area contributed by atoms with E-state index < -0.39 is 17.8 Å². The second-order valence-electron chi connectivity index (χ2n) is 2.93.